The highest BCUT2D eigenvalue weighted by Gasteiger charge is 2.31. The molecule has 0 radical (unpaired) electrons. The molecule has 0 aromatic carbocycles. The number of carboxylic acid groups (broad SMARTS) is 1. The average molecular weight is 265 g/mol. The number of hydrogen-bond donors (Lipinski definition) is 2. The summed E-state index contributed by atoms with van der Waals surface area (Å²) in [6.07, 6.45) is 4.28. The summed E-state index contributed by atoms with van der Waals surface area (Å²) in [5, 5.41) is 16.1. The Labute approximate surface area is 111 Å². The van der Waals surface area contributed by atoms with Crippen LogP contribution >= 0.6 is 0 Å². The van der Waals surface area contributed by atoms with Crippen LogP contribution in [0, 0.1) is 5.92 Å². The quantitative estimate of drug-likeness (QED) is 0.849. The largest absolute Gasteiger partial charge is 0.481 e. The van der Waals surface area contributed by atoms with Gasteiger partial charge in [0.25, 0.3) is 5.91 Å². The molecule has 1 aliphatic carbocycles. The summed E-state index contributed by atoms with van der Waals surface area (Å²) in [6, 6.07) is -0.0430. The molecule has 1 saturated carbocycles. The smallest absolute Gasteiger partial charge is 0.306 e. The second-order valence-electron chi connectivity index (χ2n) is 5.04. The topological polar surface area (TPSA) is 84.2 Å². The highest BCUT2D eigenvalue weighted by molar-refractivity contribution is 5.95. The Kier molecular flexibility index (Phi) is 3.87. The van der Waals surface area contributed by atoms with Gasteiger partial charge in [0.1, 0.15) is 0 Å². The van der Waals surface area contributed by atoms with E-state index >= 15 is 0 Å². The maximum atomic E-state index is 12.2. The van der Waals surface area contributed by atoms with Crippen molar-refractivity contribution in [3.05, 3.63) is 17.5 Å². The number of carbonyl (C=O) groups is 2. The number of hydrogen-bond acceptors (Lipinski definition) is 3. The van der Waals surface area contributed by atoms with Gasteiger partial charge >= 0.3 is 5.97 Å². The van der Waals surface area contributed by atoms with Crippen LogP contribution in [0.2, 0.25) is 0 Å². The van der Waals surface area contributed by atoms with Gasteiger partial charge in [-0.25, -0.2) is 0 Å². The van der Waals surface area contributed by atoms with Gasteiger partial charge in [-0.2, -0.15) is 5.10 Å². The van der Waals surface area contributed by atoms with E-state index < -0.39 is 5.97 Å². The number of nitrogens with one attached hydrogen (secondary N) is 1. The normalized spacial score (nSPS) is 22.4. The minimum Gasteiger partial charge on any atom is -0.481 e. The highest BCUT2D eigenvalue weighted by Crippen LogP contribution is 2.26. The van der Waals surface area contributed by atoms with Gasteiger partial charge in [0.15, 0.2) is 0 Å². The molecular formula is C13H19N3O3. The molecule has 19 heavy (non-hydrogen) atoms. The Morgan fingerprint density at radius 1 is 1.53 bits per heavy atom. The molecule has 2 unspecified atom stereocenters. The lowest BCUT2D eigenvalue weighted by Crippen LogP contribution is -2.33. The molecule has 1 fully saturated rings. The van der Waals surface area contributed by atoms with Crippen LogP contribution in [0.15, 0.2) is 6.20 Å². The molecule has 0 bridgehead atoms. The maximum absolute atomic E-state index is 12.2. The van der Waals surface area contributed by atoms with Crippen LogP contribution < -0.4 is 5.32 Å². The van der Waals surface area contributed by atoms with E-state index in [-0.39, 0.29) is 17.9 Å². The van der Waals surface area contributed by atoms with Crippen LogP contribution in [0.5, 0.6) is 0 Å². The maximum Gasteiger partial charge on any atom is 0.306 e. The molecular weight excluding hydrogens is 246 g/mol. The molecule has 0 saturated heterocycles. The number of amides is 1. The van der Waals surface area contributed by atoms with Gasteiger partial charge in [0.05, 0.1) is 17.2 Å². The molecule has 0 spiro atoms. The number of aromatic nitrogens is 2. The van der Waals surface area contributed by atoms with Crippen LogP contribution in [0.1, 0.15) is 42.2 Å². The van der Waals surface area contributed by atoms with Crippen molar-refractivity contribution in [3.63, 3.8) is 0 Å². The Balaban J connectivity index is 2.00. The average Bonchev–Trinajstić information content (AvgIpc) is 2.95. The molecule has 104 valence electrons. The zero-order valence-electron chi connectivity index (χ0n) is 11.2. The van der Waals surface area contributed by atoms with Crippen molar-refractivity contribution in [3.8, 4) is 0 Å². The van der Waals surface area contributed by atoms with Gasteiger partial charge in [-0.05, 0) is 25.7 Å². The second kappa shape index (κ2) is 5.42. The van der Waals surface area contributed by atoms with E-state index in [9.17, 15) is 9.59 Å². The number of carboxylic acids is 1. The van der Waals surface area contributed by atoms with E-state index in [1.807, 2.05) is 6.92 Å². The van der Waals surface area contributed by atoms with Crippen molar-refractivity contribution < 1.29 is 14.7 Å². The van der Waals surface area contributed by atoms with Crippen molar-refractivity contribution in [2.45, 2.75) is 38.6 Å². The number of nitrogens with zero attached hydrogens (tertiary/aromatic N) is 2. The van der Waals surface area contributed by atoms with Gasteiger partial charge in [0, 0.05) is 19.3 Å². The molecule has 1 heterocycles. The van der Waals surface area contributed by atoms with E-state index in [4.69, 9.17) is 5.11 Å². The molecule has 6 nitrogen and oxygen atoms in total. The van der Waals surface area contributed by atoms with E-state index in [1.165, 1.54) is 0 Å². The molecule has 2 rings (SSSR count). The minimum absolute atomic E-state index is 0.0430. The molecule has 6 heteroatoms. The number of aliphatic carboxylic acids is 1. The van der Waals surface area contributed by atoms with Crippen molar-refractivity contribution in [2.24, 2.45) is 13.0 Å². The molecule has 1 amide bonds. The summed E-state index contributed by atoms with van der Waals surface area (Å²) in [5.74, 6) is -1.25. The van der Waals surface area contributed by atoms with Crippen molar-refractivity contribution >= 4 is 11.9 Å². The number of carbonyl (C=O) groups excluding carboxylic acids is 1. The third kappa shape index (κ3) is 2.94. The predicted molar refractivity (Wildman–Crippen MR) is 68.8 cm³/mol. The van der Waals surface area contributed by atoms with Crippen molar-refractivity contribution in [2.75, 3.05) is 0 Å². The van der Waals surface area contributed by atoms with Crippen molar-refractivity contribution in [1.29, 1.82) is 0 Å². The third-order valence-electron chi connectivity index (χ3n) is 3.60. The fraction of sp³-hybridized carbons (Fsp3) is 0.615. The van der Waals surface area contributed by atoms with Crippen LogP contribution in [0.4, 0.5) is 0 Å². The zero-order chi connectivity index (χ0) is 14.0. The molecule has 0 aliphatic heterocycles. The van der Waals surface area contributed by atoms with Gasteiger partial charge in [-0.1, -0.05) is 6.92 Å². The molecule has 2 N–H and O–H groups in total. The van der Waals surface area contributed by atoms with Gasteiger partial charge in [-0.3, -0.25) is 14.3 Å². The summed E-state index contributed by atoms with van der Waals surface area (Å²) < 4.78 is 1.63. The SMILES string of the molecule is CCc1nn(C)cc1C(=O)NC1CCC(C(=O)O)C1. The molecule has 1 aliphatic rings. The Morgan fingerprint density at radius 3 is 2.84 bits per heavy atom. The predicted octanol–water partition coefficient (Wildman–Crippen LogP) is 0.966. The van der Waals surface area contributed by atoms with Crippen molar-refractivity contribution in [1.82, 2.24) is 15.1 Å². The van der Waals surface area contributed by atoms with Gasteiger partial charge in [0.2, 0.25) is 0 Å². The van der Waals surface area contributed by atoms with Crippen LogP contribution in [-0.4, -0.2) is 32.8 Å². The van der Waals surface area contributed by atoms with E-state index in [0.717, 1.165) is 12.1 Å². The van der Waals surface area contributed by atoms with Gasteiger partial charge in [-0.15, -0.1) is 0 Å². The Morgan fingerprint density at radius 2 is 2.26 bits per heavy atom. The van der Waals surface area contributed by atoms with Crippen LogP contribution in [0.25, 0.3) is 0 Å². The lowest BCUT2D eigenvalue weighted by molar-refractivity contribution is -0.141. The van der Waals surface area contributed by atoms with E-state index in [0.29, 0.717) is 24.8 Å². The first-order chi connectivity index (χ1) is 9.01. The summed E-state index contributed by atoms with van der Waals surface area (Å²) in [6.45, 7) is 1.95. The van der Waals surface area contributed by atoms with Gasteiger partial charge < -0.3 is 10.4 Å². The summed E-state index contributed by atoms with van der Waals surface area (Å²) in [4.78, 5) is 23.0. The minimum atomic E-state index is -0.771. The van der Waals surface area contributed by atoms with E-state index in [2.05, 4.69) is 10.4 Å². The Bertz CT molecular complexity index is 495. The van der Waals surface area contributed by atoms with Crippen LogP contribution in [0.3, 0.4) is 0 Å². The standard InChI is InChI=1S/C13H19N3O3/c1-3-11-10(7-16(2)15-11)12(17)14-9-5-4-8(6-9)13(18)19/h7-9H,3-6H2,1-2H3,(H,14,17)(H,18,19). The lowest BCUT2D eigenvalue weighted by Gasteiger charge is -2.12. The molecule has 1 aromatic rings. The zero-order valence-corrected chi connectivity index (χ0v) is 11.2. The summed E-state index contributed by atoms with van der Waals surface area (Å²) in [7, 11) is 1.78. The fourth-order valence-corrected chi connectivity index (χ4v) is 2.59. The molecule has 1 aromatic heterocycles. The first-order valence-corrected chi connectivity index (χ1v) is 6.57. The van der Waals surface area contributed by atoms with Crippen LogP contribution in [-0.2, 0) is 18.3 Å². The monoisotopic (exact) mass is 265 g/mol. The highest BCUT2D eigenvalue weighted by atomic mass is 16.4. The lowest BCUT2D eigenvalue weighted by atomic mass is 10.1. The summed E-state index contributed by atoms with van der Waals surface area (Å²) in [5.41, 5.74) is 1.36. The molecule has 2 atom stereocenters. The van der Waals surface area contributed by atoms with E-state index in [1.54, 1.807) is 17.9 Å². The second-order valence-corrected chi connectivity index (χ2v) is 5.04. The first kappa shape index (κ1) is 13.6. The fourth-order valence-electron chi connectivity index (χ4n) is 2.59. The number of aryl methyl sites for hydroxylation is 2. The Hall–Kier alpha value is -1.85. The first-order valence-electron chi connectivity index (χ1n) is 6.57. The number of rotatable bonds is 4. The summed E-state index contributed by atoms with van der Waals surface area (Å²) >= 11 is 0. The third-order valence-corrected chi connectivity index (χ3v) is 3.60.